The second kappa shape index (κ2) is 6.43. The molecule has 0 atom stereocenters. The third-order valence-corrected chi connectivity index (χ3v) is 3.29. The number of carbonyl (C=O) groups is 1. The van der Waals surface area contributed by atoms with Crippen LogP contribution in [0.1, 0.15) is 32.8 Å². The summed E-state index contributed by atoms with van der Waals surface area (Å²) in [5.41, 5.74) is 10.2. The van der Waals surface area contributed by atoms with Crippen molar-refractivity contribution >= 4 is 28.6 Å². The lowest BCUT2D eigenvalue weighted by atomic mass is 9.99. The van der Waals surface area contributed by atoms with Gasteiger partial charge in [-0.1, -0.05) is 12.1 Å². The molecule has 0 aromatic heterocycles. The number of hydrogen-bond donors (Lipinski definition) is 3. The Labute approximate surface area is 125 Å². The van der Waals surface area contributed by atoms with Crippen molar-refractivity contribution in [2.24, 2.45) is 10.7 Å². The number of nitrogens with one attached hydrogen (secondary N) is 2. The minimum Gasteiger partial charge on any atom is -0.404 e. The minimum atomic E-state index is 0.0178. The average Bonchev–Trinajstić information content (AvgIpc) is 2.60. The molecule has 1 aromatic carbocycles. The Bertz CT molecular complexity index is 602. The molecule has 5 heteroatoms. The number of benzene rings is 1. The zero-order chi connectivity index (χ0) is 15.4. The van der Waals surface area contributed by atoms with Crippen molar-refractivity contribution in [2.75, 3.05) is 17.2 Å². The summed E-state index contributed by atoms with van der Waals surface area (Å²) < 4.78 is 0. The molecule has 5 nitrogen and oxygen atoms in total. The number of rotatable bonds is 3. The summed E-state index contributed by atoms with van der Waals surface area (Å²) in [5, 5.41) is 6.22. The van der Waals surface area contributed by atoms with Crippen LogP contribution in [0.2, 0.25) is 0 Å². The molecule has 2 rings (SSSR count). The van der Waals surface area contributed by atoms with Gasteiger partial charge in [-0.05, 0) is 26.8 Å². The Kier molecular flexibility index (Phi) is 4.62. The molecule has 0 saturated heterocycles. The van der Waals surface area contributed by atoms with Crippen molar-refractivity contribution in [3.05, 3.63) is 30.0 Å². The summed E-state index contributed by atoms with van der Waals surface area (Å²) in [5.74, 6) is 0.0178. The van der Waals surface area contributed by atoms with Crippen molar-refractivity contribution < 1.29 is 4.79 Å². The fraction of sp³-hybridized carbons (Fsp3) is 0.375. The summed E-state index contributed by atoms with van der Waals surface area (Å²) >= 11 is 0. The van der Waals surface area contributed by atoms with Gasteiger partial charge in [0.2, 0.25) is 5.91 Å². The molecule has 112 valence electrons. The molecule has 1 aliphatic heterocycles. The van der Waals surface area contributed by atoms with Crippen LogP contribution in [0.4, 0.5) is 11.4 Å². The Morgan fingerprint density at radius 3 is 2.86 bits per heavy atom. The van der Waals surface area contributed by atoms with Gasteiger partial charge in [0.05, 0.1) is 11.4 Å². The molecule has 1 heterocycles. The van der Waals surface area contributed by atoms with E-state index in [1.54, 1.807) is 6.20 Å². The molecule has 21 heavy (non-hydrogen) atoms. The summed E-state index contributed by atoms with van der Waals surface area (Å²) in [7, 11) is 0. The quantitative estimate of drug-likeness (QED) is 0.747. The fourth-order valence-electron chi connectivity index (χ4n) is 2.45. The van der Waals surface area contributed by atoms with E-state index in [-0.39, 0.29) is 11.9 Å². The summed E-state index contributed by atoms with van der Waals surface area (Å²) in [4.78, 5) is 16.2. The summed E-state index contributed by atoms with van der Waals surface area (Å²) in [6.07, 6.45) is 2.03. The van der Waals surface area contributed by atoms with E-state index in [4.69, 9.17) is 5.73 Å². The molecular formula is C16H22N4O. The van der Waals surface area contributed by atoms with E-state index in [0.717, 1.165) is 28.2 Å². The lowest BCUT2D eigenvalue weighted by molar-refractivity contribution is -0.115. The van der Waals surface area contributed by atoms with Crippen molar-refractivity contribution in [1.82, 2.24) is 0 Å². The fourth-order valence-corrected chi connectivity index (χ4v) is 2.45. The van der Waals surface area contributed by atoms with Gasteiger partial charge in [0.1, 0.15) is 0 Å². The Balaban J connectivity index is 2.49. The van der Waals surface area contributed by atoms with Crippen LogP contribution in [0.3, 0.4) is 0 Å². The predicted molar refractivity (Wildman–Crippen MR) is 88.6 cm³/mol. The molecule has 0 unspecified atom stereocenters. The first kappa shape index (κ1) is 15.1. The van der Waals surface area contributed by atoms with E-state index in [0.29, 0.717) is 13.0 Å². The first-order valence-electron chi connectivity index (χ1n) is 7.16. The first-order valence-corrected chi connectivity index (χ1v) is 7.16. The van der Waals surface area contributed by atoms with Crippen molar-refractivity contribution in [3.63, 3.8) is 0 Å². The molecule has 0 bridgehead atoms. The number of para-hydroxylation sites is 1. The highest BCUT2D eigenvalue weighted by Gasteiger charge is 2.18. The number of amides is 1. The maximum atomic E-state index is 11.7. The molecule has 1 amide bonds. The molecular weight excluding hydrogens is 264 g/mol. The highest BCUT2D eigenvalue weighted by Crippen LogP contribution is 2.33. The summed E-state index contributed by atoms with van der Waals surface area (Å²) in [6, 6.07) is 5.99. The number of fused-ring (bicyclic) bond motifs is 1. The first-order chi connectivity index (χ1) is 10.0. The predicted octanol–water partition coefficient (Wildman–Crippen LogP) is 2.61. The van der Waals surface area contributed by atoms with Crippen molar-refractivity contribution in [1.29, 1.82) is 0 Å². The molecule has 0 saturated carbocycles. The molecule has 0 aliphatic carbocycles. The smallest absolute Gasteiger partial charge is 0.226 e. The van der Waals surface area contributed by atoms with Gasteiger partial charge in [0.25, 0.3) is 0 Å². The zero-order valence-electron chi connectivity index (χ0n) is 12.7. The normalized spacial score (nSPS) is 16.1. The zero-order valence-corrected chi connectivity index (χ0v) is 12.7. The maximum absolute atomic E-state index is 11.7. The molecule has 0 radical (unpaired) electrons. The van der Waals surface area contributed by atoms with Crippen molar-refractivity contribution in [2.45, 2.75) is 33.2 Å². The van der Waals surface area contributed by atoms with Crippen LogP contribution in [0, 0.1) is 0 Å². The Morgan fingerprint density at radius 1 is 1.43 bits per heavy atom. The lowest BCUT2D eigenvalue weighted by Gasteiger charge is -2.16. The molecule has 0 spiro atoms. The Hall–Kier alpha value is -2.30. The third kappa shape index (κ3) is 3.42. The van der Waals surface area contributed by atoms with Gasteiger partial charge >= 0.3 is 0 Å². The topological polar surface area (TPSA) is 79.5 Å². The van der Waals surface area contributed by atoms with E-state index < -0.39 is 0 Å². The average molecular weight is 286 g/mol. The van der Waals surface area contributed by atoms with Gasteiger partial charge in [-0.25, -0.2) is 0 Å². The highest BCUT2D eigenvalue weighted by atomic mass is 16.1. The minimum absolute atomic E-state index is 0.0178. The van der Waals surface area contributed by atoms with Crippen LogP contribution < -0.4 is 16.4 Å². The number of aliphatic imine (C=N–C) groups is 1. The number of allylic oxidation sites excluding steroid dienone is 1. The molecule has 1 aliphatic rings. The highest BCUT2D eigenvalue weighted by molar-refractivity contribution is 6.24. The van der Waals surface area contributed by atoms with E-state index in [1.165, 1.54) is 0 Å². The van der Waals surface area contributed by atoms with Crippen LogP contribution >= 0.6 is 0 Å². The second-order valence-corrected chi connectivity index (χ2v) is 5.34. The van der Waals surface area contributed by atoms with Crippen LogP contribution in [-0.2, 0) is 4.79 Å². The van der Waals surface area contributed by atoms with E-state index in [2.05, 4.69) is 15.6 Å². The van der Waals surface area contributed by atoms with Gasteiger partial charge in [0.15, 0.2) is 0 Å². The number of nitrogens with two attached hydrogens (primary N) is 1. The van der Waals surface area contributed by atoms with E-state index in [9.17, 15) is 4.79 Å². The molecule has 4 N–H and O–H groups in total. The van der Waals surface area contributed by atoms with Gasteiger partial charge in [0, 0.05) is 42.1 Å². The summed E-state index contributed by atoms with van der Waals surface area (Å²) in [6.45, 7) is 6.62. The van der Waals surface area contributed by atoms with Crippen LogP contribution in [0.15, 0.2) is 29.4 Å². The number of anilines is 2. The van der Waals surface area contributed by atoms with Gasteiger partial charge < -0.3 is 16.4 Å². The van der Waals surface area contributed by atoms with Crippen LogP contribution in [0.25, 0.3) is 5.57 Å². The van der Waals surface area contributed by atoms with Crippen LogP contribution in [0.5, 0.6) is 0 Å². The molecule has 0 fully saturated rings. The van der Waals surface area contributed by atoms with Crippen LogP contribution in [-0.4, -0.2) is 24.2 Å². The number of hydrogen-bond acceptors (Lipinski definition) is 4. The van der Waals surface area contributed by atoms with Crippen molar-refractivity contribution in [3.8, 4) is 0 Å². The third-order valence-electron chi connectivity index (χ3n) is 3.29. The Morgan fingerprint density at radius 2 is 2.19 bits per heavy atom. The number of carbonyl (C=O) groups excluding carboxylic acids is 1. The van der Waals surface area contributed by atoms with E-state index >= 15 is 0 Å². The van der Waals surface area contributed by atoms with Gasteiger partial charge in [-0.3, -0.25) is 9.79 Å². The van der Waals surface area contributed by atoms with E-state index in [1.807, 2.05) is 39.0 Å². The SMILES string of the molecule is CC(=NC(C)C)C(=CN)c1cccc2c1NCCC(=O)N2. The molecule has 1 aromatic rings. The maximum Gasteiger partial charge on any atom is 0.226 e. The lowest BCUT2D eigenvalue weighted by Crippen LogP contribution is -2.10. The largest absolute Gasteiger partial charge is 0.404 e. The monoisotopic (exact) mass is 286 g/mol. The standard InChI is InChI=1S/C16H22N4O/c1-10(2)19-11(3)13(9-17)12-5-4-6-14-16(12)18-8-7-15(21)20-14/h4-6,9-10,18H,7-8,17H2,1-3H3,(H,20,21). The van der Waals surface area contributed by atoms with Gasteiger partial charge in [-0.15, -0.1) is 0 Å². The number of nitrogens with zero attached hydrogens (tertiary/aromatic N) is 1. The van der Waals surface area contributed by atoms with Gasteiger partial charge in [-0.2, -0.15) is 0 Å². The second-order valence-electron chi connectivity index (χ2n) is 5.34.